The van der Waals surface area contributed by atoms with Gasteiger partial charge in [-0.05, 0) is 55.0 Å². The largest absolute Gasteiger partial charge is 0.494 e. The first-order valence-electron chi connectivity index (χ1n) is 7.57. The van der Waals surface area contributed by atoms with Crippen molar-refractivity contribution in [2.24, 2.45) is 0 Å². The molecule has 0 heterocycles. The number of sulfonamides is 1. The van der Waals surface area contributed by atoms with Crippen LogP contribution in [-0.2, 0) is 14.8 Å². The molecule has 0 saturated heterocycles. The Morgan fingerprint density at radius 2 is 1.72 bits per heavy atom. The Kier molecular flexibility index (Phi) is 5.97. The van der Waals surface area contributed by atoms with E-state index >= 15 is 0 Å². The van der Waals surface area contributed by atoms with E-state index in [-0.39, 0.29) is 10.6 Å². The van der Waals surface area contributed by atoms with E-state index in [4.69, 9.17) is 9.84 Å². The number of carboxylic acids is 1. The second-order valence-electron chi connectivity index (χ2n) is 5.20. The van der Waals surface area contributed by atoms with Crippen LogP contribution in [0.2, 0.25) is 0 Å². The van der Waals surface area contributed by atoms with Gasteiger partial charge in [-0.15, -0.1) is 0 Å². The van der Waals surface area contributed by atoms with E-state index in [0.717, 1.165) is 35.0 Å². The quantitative estimate of drug-likeness (QED) is 0.776. The Balaban J connectivity index is 2.38. The lowest BCUT2D eigenvalue weighted by molar-refractivity contribution is -0.135. The third kappa shape index (κ3) is 4.69. The highest BCUT2D eigenvalue weighted by atomic mass is 32.2. The van der Waals surface area contributed by atoms with Crippen LogP contribution in [0.4, 0.5) is 10.1 Å². The van der Waals surface area contributed by atoms with Crippen LogP contribution in [0.1, 0.15) is 13.3 Å². The van der Waals surface area contributed by atoms with E-state index in [1.165, 1.54) is 12.1 Å². The van der Waals surface area contributed by atoms with E-state index in [0.29, 0.717) is 12.4 Å². The molecular formula is C17H18FNO5S. The lowest BCUT2D eigenvalue weighted by Gasteiger charge is -2.23. The number of nitrogens with zero attached hydrogens (tertiary/aromatic N) is 1. The number of benzene rings is 2. The molecule has 2 rings (SSSR count). The summed E-state index contributed by atoms with van der Waals surface area (Å²) in [5, 5.41) is 9.08. The Hall–Kier alpha value is -2.61. The van der Waals surface area contributed by atoms with Gasteiger partial charge in [0.2, 0.25) is 0 Å². The summed E-state index contributed by atoms with van der Waals surface area (Å²) in [6.07, 6.45) is 0.825. The highest BCUT2D eigenvalue weighted by Gasteiger charge is 2.27. The number of carbonyl (C=O) groups is 1. The Morgan fingerprint density at radius 3 is 2.24 bits per heavy atom. The minimum atomic E-state index is -4.15. The van der Waals surface area contributed by atoms with E-state index in [2.05, 4.69) is 0 Å². The third-order valence-corrected chi connectivity index (χ3v) is 5.07. The van der Waals surface area contributed by atoms with Crippen molar-refractivity contribution in [3.63, 3.8) is 0 Å². The van der Waals surface area contributed by atoms with Crippen molar-refractivity contribution < 1.29 is 27.4 Å². The molecule has 0 aliphatic carbocycles. The molecule has 0 unspecified atom stereocenters. The van der Waals surface area contributed by atoms with Crippen molar-refractivity contribution >= 4 is 21.7 Å². The molecule has 0 spiro atoms. The van der Waals surface area contributed by atoms with Crippen LogP contribution in [0.25, 0.3) is 0 Å². The van der Waals surface area contributed by atoms with Gasteiger partial charge in [-0.3, -0.25) is 9.10 Å². The first-order chi connectivity index (χ1) is 11.8. The van der Waals surface area contributed by atoms with Crippen LogP contribution >= 0.6 is 0 Å². The molecule has 0 radical (unpaired) electrons. The second-order valence-corrected chi connectivity index (χ2v) is 7.06. The second kappa shape index (κ2) is 7.98. The summed E-state index contributed by atoms with van der Waals surface area (Å²) >= 11 is 0. The predicted molar refractivity (Wildman–Crippen MR) is 90.8 cm³/mol. The summed E-state index contributed by atoms with van der Waals surface area (Å²) in [6.45, 7) is 1.72. The number of rotatable bonds is 8. The standard InChI is InChI=1S/C17H18FNO5S/c1-2-11-24-15-7-5-14(6-8-15)19(12-17(20)21)25(22,23)16-9-3-13(18)4-10-16/h3-10H,2,11-12H2,1H3,(H,20,21). The molecule has 0 amide bonds. The van der Waals surface area contributed by atoms with E-state index < -0.39 is 28.4 Å². The molecule has 8 heteroatoms. The molecule has 2 aromatic rings. The minimum Gasteiger partial charge on any atom is -0.494 e. The summed E-state index contributed by atoms with van der Waals surface area (Å²) < 4.78 is 44.7. The maximum Gasteiger partial charge on any atom is 0.324 e. The van der Waals surface area contributed by atoms with E-state index in [1.807, 2.05) is 6.92 Å². The maximum absolute atomic E-state index is 13.0. The van der Waals surface area contributed by atoms with Crippen molar-refractivity contribution in [3.8, 4) is 5.75 Å². The number of ether oxygens (including phenoxy) is 1. The van der Waals surface area contributed by atoms with Gasteiger partial charge in [-0.1, -0.05) is 6.92 Å². The molecule has 0 atom stereocenters. The van der Waals surface area contributed by atoms with Gasteiger partial charge in [0.25, 0.3) is 10.0 Å². The number of halogens is 1. The molecular weight excluding hydrogens is 349 g/mol. The van der Waals surface area contributed by atoms with Gasteiger partial charge >= 0.3 is 5.97 Å². The Morgan fingerprint density at radius 1 is 1.12 bits per heavy atom. The molecule has 134 valence electrons. The molecule has 6 nitrogen and oxygen atoms in total. The number of aliphatic carboxylic acids is 1. The lowest BCUT2D eigenvalue weighted by atomic mass is 10.3. The van der Waals surface area contributed by atoms with Crippen molar-refractivity contribution in [2.45, 2.75) is 18.2 Å². The van der Waals surface area contributed by atoms with Gasteiger partial charge in [0, 0.05) is 0 Å². The molecule has 0 bridgehead atoms. The third-order valence-electron chi connectivity index (χ3n) is 3.28. The van der Waals surface area contributed by atoms with Crippen molar-refractivity contribution in [2.75, 3.05) is 17.5 Å². The van der Waals surface area contributed by atoms with Gasteiger partial charge in [0.1, 0.15) is 18.1 Å². The first kappa shape index (κ1) is 18.7. The zero-order valence-corrected chi connectivity index (χ0v) is 14.4. The van der Waals surface area contributed by atoms with Crippen molar-refractivity contribution in [1.29, 1.82) is 0 Å². The van der Waals surface area contributed by atoms with Crippen LogP contribution < -0.4 is 9.04 Å². The van der Waals surface area contributed by atoms with Crippen LogP contribution in [-0.4, -0.2) is 32.6 Å². The zero-order chi connectivity index (χ0) is 18.4. The lowest BCUT2D eigenvalue weighted by Crippen LogP contribution is -2.35. The van der Waals surface area contributed by atoms with Gasteiger partial charge in [-0.25, -0.2) is 12.8 Å². The van der Waals surface area contributed by atoms with Crippen molar-refractivity contribution in [1.82, 2.24) is 0 Å². The van der Waals surface area contributed by atoms with E-state index in [1.54, 1.807) is 12.1 Å². The van der Waals surface area contributed by atoms with Gasteiger partial charge in [0.05, 0.1) is 17.2 Å². The normalized spacial score (nSPS) is 11.1. The smallest absolute Gasteiger partial charge is 0.324 e. The van der Waals surface area contributed by atoms with Crippen LogP contribution in [0, 0.1) is 5.82 Å². The number of carboxylic acid groups (broad SMARTS) is 1. The van der Waals surface area contributed by atoms with Crippen LogP contribution in [0.5, 0.6) is 5.75 Å². The summed E-state index contributed by atoms with van der Waals surface area (Å²) in [5.74, 6) is -1.33. The van der Waals surface area contributed by atoms with Gasteiger partial charge < -0.3 is 9.84 Å². The van der Waals surface area contributed by atoms with E-state index in [9.17, 15) is 17.6 Å². The average molecular weight is 367 g/mol. The van der Waals surface area contributed by atoms with Crippen molar-refractivity contribution in [3.05, 3.63) is 54.3 Å². The fourth-order valence-electron chi connectivity index (χ4n) is 2.10. The SMILES string of the molecule is CCCOc1ccc(N(CC(=O)O)S(=O)(=O)c2ccc(F)cc2)cc1. The predicted octanol–water partition coefficient (Wildman–Crippen LogP) is 2.89. The Labute approximate surface area is 145 Å². The summed E-state index contributed by atoms with van der Waals surface area (Å²) in [6, 6.07) is 10.3. The molecule has 0 aliphatic rings. The average Bonchev–Trinajstić information content (AvgIpc) is 2.58. The molecule has 0 fully saturated rings. The topological polar surface area (TPSA) is 83.9 Å². The Bertz CT molecular complexity index is 819. The fraction of sp³-hybridized carbons (Fsp3) is 0.235. The van der Waals surface area contributed by atoms with Gasteiger partial charge in [-0.2, -0.15) is 0 Å². The molecule has 2 aromatic carbocycles. The molecule has 25 heavy (non-hydrogen) atoms. The molecule has 1 N–H and O–H groups in total. The molecule has 0 aromatic heterocycles. The molecule has 0 saturated carbocycles. The van der Waals surface area contributed by atoms with Gasteiger partial charge in [0.15, 0.2) is 0 Å². The zero-order valence-electron chi connectivity index (χ0n) is 13.6. The highest BCUT2D eigenvalue weighted by molar-refractivity contribution is 7.92. The number of anilines is 1. The summed E-state index contributed by atoms with van der Waals surface area (Å²) in [7, 11) is -4.15. The molecule has 0 aliphatic heterocycles. The number of hydrogen-bond acceptors (Lipinski definition) is 4. The first-order valence-corrected chi connectivity index (χ1v) is 9.01. The number of hydrogen-bond donors (Lipinski definition) is 1. The van der Waals surface area contributed by atoms with Crippen LogP contribution in [0.3, 0.4) is 0 Å². The summed E-state index contributed by atoms with van der Waals surface area (Å²) in [5.41, 5.74) is 0.176. The highest BCUT2D eigenvalue weighted by Crippen LogP contribution is 2.26. The minimum absolute atomic E-state index is 0.176. The van der Waals surface area contributed by atoms with Crippen LogP contribution in [0.15, 0.2) is 53.4 Å². The monoisotopic (exact) mass is 367 g/mol. The maximum atomic E-state index is 13.0. The fourth-order valence-corrected chi connectivity index (χ4v) is 3.51. The summed E-state index contributed by atoms with van der Waals surface area (Å²) in [4.78, 5) is 10.9.